The Balaban J connectivity index is 1.78. The maximum absolute atomic E-state index is 5.89. The van der Waals surface area contributed by atoms with Crippen LogP contribution in [-0.2, 0) is 11.3 Å². The molecule has 2 aromatic heterocycles. The summed E-state index contributed by atoms with van der Waals surface area (Å²) in [6.45, 7) is 4.33. The zero-order valence-electron chi connectivity index (χ0n) is 14.8. The maximum atomic E-state index is 5.89. The van der Waals surface area contributed by atoms with Crippen molar-refractivity contribution in [1.82, 2.24) is 4.57 Å². The predicted molar refractivity (Wildman–Crippen MR) is 107 cm³/mol. The number of aromatic nitrogens is 1. The minimum Gasteiger partial charge on any atom is -0.492 e. The van der Waals surface area contributed by atoms with Crippen LogP contribution in [0.5, 0.6) is 5.75 Å². The molecule has 1 unspecified atom stereocenters. The molecule has 0 bridgehead atoms. The van der Waals surface area contributed by atoms with E-state index in [0.717, 1.165) is 42.2 Å². The van der Waals surface area contributed by atoms with Gasteiger partial charge in [0.05, 0.1) is 29.8 Å². The summed E-state index contributed by atoms with van der Waals surface area (Å²) >= 11 is 3.43. The van der Waals surface area contributed by atoms with Crippen molar-refractivity contribution in [2.24, 2.45) is 4.99 Å². The Bertz CT molecular complexity index is 906. The van der Waals surface area contributed by atoms with Crippen molar-refractivity contribution in [2.75, 3.05) is 13.2 Å². The van der Waals surface area contributed by atoms with Crippen LogP contribution in [0.2, 0.25) is 0 Å². The lowest BCUT2D eigenvalue weighted by Crippen LogP contribution is -2.23. The first kappa shape index (κ1) is 17.5. The molecule has 1 aromatic carbocycles. The molecule has 0 spiro atoms. The van der Waals surface area contributed by atoms with Gasteiger partial charge < -0.3 is 14.0 Å². The normalized spacial score (nSPS) is 17.7. The molecule has 0 amide bonds. The summed E-state index contributed by atoms with van der Waals surface area (Å²) in [6, 6.07) is 12.2. The number of para-hydroxylation sites is 2. The molecule has 0 N–H and O–H groups in total. The Morgan fingerprint density at radius 1 is 1.23 bits per heavy atom. The van der Waals surface area contributed by atoms with Crippen molar-refractivity contribution in [1.29, 1.82) is 0 Å². The molecule has 6 heteroatoms. The lowest BCUT2D eigenvalue weighted by atomic mass is 10.2. The van der Waals surface area contributed by atoms with E-state index in [9.17, 15) is 0 Å². The number of benzene rings is 1. The highest BCUT2D eigenvalue weighted by molar-refractivity contribution is 7.14. The van der Waals surface area contributed by atoms with E-state index in [-0.39, 0.29) is 6.10 Å². The van der Waals surface area contributed by atoms with Gasteiger partial charge in [-0.1, -0.05) is 18.2 Å². The Labute approximate surface area is 161 Å². The predicted octanol–water partition coefficient (Wildman–Crippen LogP) is 5.09. The highest BCUT2D eigenvalue weighted by Crippen LogP contribution is 2.29. The van der Waals surface area contributed by atoms with Crippen LogP contribution in [0.3, 0.4) is 0 Å². The van der Waals surface area contributed by atoms with Crippen LogP contribution in [0, 0.1) is 0 Å². The van der Waals surface area contributed by atoms with Crippen molar-refractivity contribution < 1.29 is 9.47 Å². The van der Waals surface area contributed by atoms with Crippen LogP contribution in [0.1, 0.15) is 19.8 Å². The second-order valence-electron chi connectivity index (χ2n) is 6.14. The van der Waals surface area contributed by atoms with Gasteiger partial charge in [-0.25, -0.2) is 4.99 Å². The maximum Gasteiger partial charge on any atom is 0.190 e. The number of thiophene rings is 1. The zero-order chi connectivity index (χ0) is 17.8. The molecule has 3 heterocycles. The number of hydrogen-bond acceptors (Lipinski definition) is 5. The number of thiazole rings is 1. The molecule has 136 valence electrons. The zero-order valence-corrected chi connectivity index (χ0v) is 16.4. The summed E-state index contributed by atoms with van der Waals surface area (Å²) in [5.41, 5.74) is 2.09. The average Bonchev–Trinajstić information content (AvgIpc) is 3.40. The topological polar surface area (TPSA) is 35.8 Å². The molecule has 1 saturated heterocycles. The van der Waals surface area contributed by atoms with Crippen molar-refractivity contribution in [3.63, 3.8) is 0 Å². The first-order chi connectivity index (χ1) is 12.8. The van der Waals surface area contributed by atoms with Crippen LogP contribution in [0.25, 0.3) is 10.6 Å². The number of hydrogen-bond donors (Lipinski definition) is 0. The SMILES string of the molecule is CCOc1ccccc1N=c1scc(-c2cccs2)n1CC1CCCO1. The molecule has 0 saturated carbocycles. The fourth-order valence-electron chi connectivity index (χ4n) is 3.14. The highest BCUT2D eigenvalue weighted by Gasteiger charge is 2.19. The van der Waals surface area contributed by atoms with E-state index in [1.54, 1.807) is 22.7 Å². The molecule has 1 aliphatic rings. The summed E-state index contributed by atoms with van der Waals surface area (Å²) in [4.78, 5) is 7.18. The third kappa shape index (κ3) is 3.77. The molecular formula is C20H22N2O2S2. The Morgan fingerprint density at radius 3 is 2.92 bits per heavy atom. The number of nitrogens with zero attached hydrogens (tertiary/aromatic N) is 2. The lowest BCUT2D eigenvalue weighted by molar-refractivity contribution is 0.0968. The third-order valence-electron chi connectivity index (χ3n) is 4.36. The van der Waals surface area contributed by atoms with Gasteiger partial charge in [-0.15, -0.1) is 22.7 Å². The lowest BCUT2D eigenvalue weighted by Gasteiger charge is -2.13. The summed E-state index contributed by atoms with van der Waals surface area (Å²) in [5, 5.41) is 4.31. The van der Waals surface area contributed by atoms with E-state index in [4.69, 9.17) is 14.5 Å². The van der Waals surface area contributed by atoms with E-state index in [0.29, 0.717) is 6.61 Å². The average molecular weight is 387 g/mol. The van der Waals surface area contributed by atoms with Crippen molar-refractivity contribution in [3.8, 4) is 16.3 Å². The van der Waals surface area contributed by atoms with Crippen molar-refractivity contribution in [3.05, 3.63) is 52.0 Å². The van der Waals surface area contributed by atoms with Gasteiger partial charge in [-0.2, -0.15) is 0 Å². The van der Waals surface area contributed by atoms with Crippen LogP contribution < -0.4 is 9.54 Å². The van der Waals surface area contributed by atoms with Gasteiger partial charge in [0.25, 0.3) is 0 Å². The second-order valence-corrected chi connectivity index (χ2v) is 7.92. The van der Waals surface area contributed by atoms with Crippen molar-refractivity contribution >= 4 is 28.4 Å². The summed E-state index contributed by atoms with van der Waals surface area (Å²) in [6.07, 6.45) is 2.52. The minimum absolute atomic E-state index is 0.268. The fourth-order valence-corrected chi connectivity index (χ4v) is 4.89. The van der Waals surface area contributed by atoms with Crippen LogP contribution in [-0.4, -0.2) is 23.9 Å². The standard InChI is InChI=1S/C20H22N2O2S2/c1-2-23-18-9-4-3-8-16(18)21-20-22(13-15-7-5-11-24-15)17(14-26-20)19-10-6-12-25-19/h3-4,6,8-10,12,14-15H,2,5,7,11,13H2,1H3. The molecule has 1 atom stereocenters. The largest absolute Gasteiger partial charge is 0.492 e. The summed E-state index contributed by atoms with van der Waals surface area (Å²) in [5.74, 6) is 0.824. The molecule has 0 radical (unpaired) electrons. The van der Waals surface area contributed by atoms with Gasteiger partial charge in [0, 0.05) is 12.0 Å². The molecule has 1 aliphatic heterocycles. The Morgan fingerprint density at radius 2 is 2.15 bits per heavy atom. The van der Waals surface area contributed by atoms with Gasteiger partial charge in [0.2, 0.25) is 0 Å². The van der Waals surface area contributed by atoms with Gasteiger partial charge in [-0.05, 0) is 43.3 Å². The quantitative estimate of drug-likeness (QED) is 0.592. The van der Waals surface area contributed by atoms with E-state index >= 15 is 0 Å². The third-order valence-corrected chi connectivity index (χ3v) is 6.12. The van der Waals surface area contributed by atoms with E-state index in [1.165, 1.54) is 10.6 Å². The van der Waals surface area contributed by atoms with Gasteiger partial charge in [0.1, 0.15) is 11.4 Å². The van der Waals surface area contributed by atoms with E-state index in [2.05, 4.69) is 27.5 Å². The summed E-state index contributed by atoms with van der Waals surface area (Å²) < 4.78 is 13.9. The molecule has 0 aliphatic carbocycles. The number of ether oxygens (including phenoxy) is 2. The van der Waals surface area contributed by atoms with Crippen LogP contribution in [0.4, 0.5) is 5.69 Å². The van der Waals surface area contributed by atoms with Crippen molar-refractivity contribution in [2.45, 2.75) is 32.4 Å². The first-order valence-corrected chi connectivity index (χ1v) is 10.7. The van der Waals surface area contributed by atoms with E-state index in [1.807, 2.05) is 31.2 Å². The van der Waals surface area contributed by atoms with Gasteiger partial charge >= 0.3 is 0 Å². The molecular weight excluding hydrogens is 364 g/mol. The molecule has 4 nitrogen and oxygen atoms in total. The monoisotopic (exact) mass is 386 g/mol. The highest BCUT2D eigenvalue weighted by atomic mass is 32.1. The minimum atomic E-state index is 0.268. The molecule has 1 fully saturated rings. The molecule has 4 rings (SSSR count). The summed E-state index contributed by atoms with van der Waals surface area (Å²) in [7, 11) is 0. The fraction of sp³-hybridized carbons (Fsp3) is 0.350. The van der Waals surface area contributed by atoms with Gasteiger partial charge in [-0.3, -0.25) is 0 Å². The van der Waals surface area contributed by atoms with Crippen LogP contribution in [0.15, 0.2) is 52.2 Å². The van der Waals surface area contributed by atoms with E-state index < -0.39 is 0 Å². The molecule has 3 aromatic rings. The first-order valence-electron chi connectivity index (χ1n) is 8.95. The Kier molecular flexibility index (Phi) is 5.53. The Hall–Kier alpha value is -1.89. The van der Waals surface area contributed by atoms with Gasteiger partial charge in [0.15, 0.2) is 4.80 Å². The second kappa shape index (κ2) is 8.20. The van der Waals surface area contributed by atoms with Crippen LogP contribution >= 0.6 is 22.7 Å². The molecule has 26 heavy (non-hydrogen) atoms. The smallest absolute Gasteiger partial charge is 0.190 e. The number of rotatable bonds is 6.